The highest BCUT2D eigenvalue weighted by molar-refractivity contribution is 9.11. The summed E-state index contributed by atoms with van der Waals surface area (Å²) in [5.74, 6) is -0.122. The van der Waals surface area contributed by atoms with Gasteiger partial charge in [-0.25, -0.2) is 0 Å². The maximum Gasteiger partial charge on any atom is 0.351 e. The maximum absolute atomic E-state index is 11.9. The minimum absolute atomic E-state index is 0.122. The second-order valence-electron chi connectivity index (χ2n) is 3.52. The molecule has 4 nitrogen and oxygen atoms in total. The molecular formula is C10H20BrO4P. The van der Waals surface area contributed by atoms with E-state index < -0.39 is 12.2 Å². The molecule has 0 fully saturated rings. The lowest BCUT2D eigenvalue weighted by Gasteiger charge is -2.18. The van der Waals surface area contributed by atoms with Gasteiger partial charge in [0.2, 0.25) is 0 Å². The Morgan fingerprint density at radius 2 is 1.81 bits per heavy atom. The highest BCUT2D eigenvalue weighted by atomic mass is 79.9. The average molecular weight is 315 g/mol. The summed E-state index contributed by atoms with van der Waals surface area (Å²) in [5.41, 5.74) is 0. The molecule has 96 valence electrons. The Kier molecular flexibility index (Phi) is 8.56. The van der Waals surface area contributed by atoms with Crippen molar-refractivity contribution in [3.63, 3.8) is 0 Å². The van der Waals surface area contributed by atoms with Gasteiger partial charge in [-0.05, 0) is 6.42 Å². The van der Waals surface area contributed by atoms with Crippen LogP contribution < -0.4 is 0 Å². The lowest BCUT2D eigenvalue weighted by atomic mass is 10.1. The van der Waals surface area contributed by atoms with Crippen LogP contribution in [0.2, 0.25) is 0 Å². The number of halogens is 1. The number of hydrogen-bond donors (Lipinski definition) is 0. The van der Waals surface area contributed by atoms with Gasteiger partial charge < -0.3 is 9.05 Å². The highest BCUT2D eigenvalue weighted by Gasteiger charge is 2.36. The van der Waals surface area contributed by atoms with Crippen LogP contribution in [0.15, 0.2) is 0 Å². The zero-order valence-electron chi connectivity index (χ0n) is 10.1. The van der Waals surface area contributed by atoms with Crippen molar-refractivity contribution in [2.24, 2.45) is 0 Å². The Labute approximate surface area is 106 Å². The van der Waals surface area contributed by atoms with Gasteiger partial charge in [-0.1, -0.05) is 42.1 Å². The summed E-state index contributed by atoms with van der Waals surface area (Å²) in [7, 11) is -0.755. The Morgan fingerprint density at radius 3 is 2.25 bits per heavy atom. The lowest BCUT2D eigenvalue weighted by Crippen LogP contribution is -2.16. The van der Waals surface area contributed by atoms with Crippen LogP contribution >= 0.6 is 23.5 Å². The molecule has 0 aliphatic rings. The van der Waals surface area contributed by atoms with E-state index in [2.05, 4.69) is 22.9 Å². The Morgan fingerprint density at radius 1 is 1.25 bits per heavy atom. The third kappa shape index (κ3) is 5.09. The van der Waals surface area contributed by atoms with Gasteiger partial charge in [0, 0.05) is 20.6 Å². The van der Waals surface area contributed by atoms with Gasteiger partial charge in [0.15, 0.2) is 10.4 Å². The van der Waals surface area contributed by atoms with E-state index in [1.165, 1.54) is 14.2 Å². The Balaban J connectivity index is 4.12. The first-order chi connectivity index (χ1) is 7.51. The summed E-state index contributed by atoms with van der Waals surface area (Å²) in [6.07, 6.45) is 4.49. The number of carbonyl (C=O) groups is 1. The van der Waals surface area contributed by atoms with E-state index >= 15 is 0 Å². The molecule has 0 aliphatic heterocycles. The molecule has 0 heterocycles. The average Bonchev–Trinajstić information content (AvgIpc) is 2.32. The first kappa shape index (κ1) is 16.3. The van der Waals surface area contributed by atoms with Crippen LogP contribution in [0.1, 0.15) is 39.0 Å². The molecule has 0 aromatic rings. The smallest absolute Gasteiger partial charge is 0.311 e. The van der Waals surface area contributed by atoms with Crippen molar-refractivity contribution in [3.8, 4) is 0 Å². The van der Waals surface area contributed by atoms with E-state index in [1.807, 2.05) is 0 Å². The molecule has 0 rings (SSSR count). The number of hydrogen-bond acceptors (Lipinski definition) is 4. The quantitative estimate of drug-likeness (QED) is 0.369. The molecule has 0 radical (unpaired) electrons. The maximum atomic E-state index is 11.9. The second-order valence-corrected chi connectivity index (χ2v) is 7.47. The fourth-order valence-electron chi connectivity index (χ4n) is 1.28. The highest BCUT2D eigenvalue weighted by Crippen LogP contribution is 2.54. The number of Topliss-reactive ketones (excluding diaryl/α,β-unsaturated/α-hetero) is 1. The van der Waals surface area contributed by atoms with Gasteiger partial charge in [0.25, 0.3) is 0 Å². The van der Waals surface area contributed by atoms with Gasteiger partial charge in [-0.3, -0.25) is 9.36 Å². The third-order valence-electron chi connectivity index (χ3n) is 2.33. The summed E-state index contributed by atoms with van der Waals surface area (Å²) in [6.45, 7) is 2.11. The van der Waals surface area contributed by atoms with Crippen LogP contribution in [0, 0.1) is 0 Å². The number of ketones is 1. The zero-order chi connectivity index (χ0) is 12.6. The molecule has 1 unspecified atom stereocenters. The second kappa shape index (κ2) is 8.40. The topological polar surface area (TPSA) is 52.6 Å². The Hall–Kier alpha value is 0.300. The van der Waals surface area contributed by atoms with Gasteiger partial charge in [-0.15, -0.1) is 0 Å². The van der Waals surface area contributed by atoms with Crippen molar-refractivity contribution in [1.82, 2.24) is 0 Å². The van der Waals surface area contributed by atoms with Gasteiger partial charge >= 0.3 is 7.60 Å². The van der Waals surface area contributed by atoms with Crippen molar-refractivity contribution in [1.29, 1.82) is 0 Å². The van der Waals surface area contributed by atoms with Crippen LogP contribution in [0.4, 0.5) is 0 Å². The number of rotatable bonds is 9. The summed E-state index contributed by atoms with van der Waals surface area (Å²) in [5, 5.41) is 0. The normalized spacial score (nSPS) is 13.8. The summed E-state index contributed by atoms with van der Waals surface area (Å²) < 4.78 is 20.5. The first-order valence-corrected chi connectivity index (χ1v) is 7.92. The molecule has 6 heteroatoms. The predicted octanol–water partition coefficient (Wildman–Crippen LogP) is 3.73. The molecule has 16 heavy (non-hydrogen) atoms. The van der Waals surface area contributed by atoms with Crippen molar-refractivity contribution < 1.29 is 18.4 Å². The number of unbranched alkanes of at least 4 members (excludes halogenated alkanes) is 3. The molecule has 0 bridgehead atoms. The molecule has 0 saturated heterocycles. The van der Waals surface area contributed by atoms with E-state index in [-0.39, 0.29) is 5.78 Å². The molecule has 0 saturated carbocycles. The molecule has 0 spiro atoms. The van der Waals surface area contributed by atoms with Crippen molar-refractivity contribution in [2.45, 2.75) is 43.6 Å². The molecule has 0 aromatic heterocycles. The van der Waals surface area contributed by atoms with Crippen LogP contribution in [0.3, 0.4) is 0 Å². The largest absolute Gasteiger partial charge is 0.351 e. The van der Waals surface area contributed by atoms with Crippen LogP contribution in [-0.2, 0) is 18.4 Å². The van der Waals surface area contributed by atoms with Crippen molar-refractivity contribution in [2.75, 3.05) is 14.2 Å². The van der Waals surface area contributed by atoms with E-state index in [0.29, 0.717) is 6.42 Å². The van der Waals surface area contributed by atoms with E-state index in [9.17, 15) is 9.36 Å². The predicted molar refractivity (Wildman–Crippen MR) is 68.1 cm³/mol. The van der Waals surface area contributed by atoms with Gasteiger partial charge in [-0.2, -0.15) is 0 Å². The van der Waals surface area contributed by atoms with Crippen LogP contribution in [0.5, 0.6) is 0 Å². The van der Waals surface area contributed by atoms with E-state index in [4.69, 9.17) is 9.05 Å². The molecule has 1 atom stereocenters. The summed E-state index contributed by atoms with van der Waals surface area (Å²) in [4.78, 5) is 11.7. The molecule has 0 amide bonds. The standard InChI is InChI=1S/C10H20BrO4P/c1-4-5-6-7-8-9(12)10(11)16(13,14-2)15-3/h10H,4-8H2,1-3H3. The Bertz CT molecular complexity index is 249. The van der Waals surface area contributed by atoms with Crippen molar-refractivity contribution in [3.05, 3.63) is 0 Å². The van der Waals surface area contributed by atoms with E-state index in [0.717, 1.165) is 25.7 Å². The summed E-state index contributed by atoms with van der Waals surface area (Å²) in [6, 6.07) is 0. The zero-order valence-corrected chi connectivity index (χ0v) is 12.6. The van der Waals surface area contributed by atoms with Gasteiger partial charge in [0.05, 0.1) is 0 Å². The number of alkyl halides is 1. The minimum atomic E-state index is -3.32. The summed E-state index contributed by atoms with van der Waals surface area (Å²) >= 11 is 3.09. The van der Waals surface area contributed by atoms with Crippen LogP contribution in [0.25, 0.3) is 0 Å². The number of carbonyl (C=O) groups excluding carboxylic acids is 1. The fourth-order valence-corrected chi connectivity index (χ4v) is 3.51. The van der Waals surface area contributed by atoms with Gasteiger partial charge in [0.1, 0.15) is 0 Å². The first-order valence-electron chi connectivity index (χ1n) is 5.39. The molecule has 0 aliphatic carbocycles. The SMILES string of the molecule is CCCCCCC(=O)C(Br)P(=O)(OC)OC. The lowest BCUT2D eigenvalue weighted by molar-refractivity contribution is -0.117. The van der Waals surface area contributed by atoms with E-state index in [1.54, 1.807) is 0 Å². The third-order valence-corrected chi connectivity index (χ3v) is 6.21. The van der Waals surface area contributed by atoms with Crippen molar-refractivity contribution >= 4 is 29.3 Å². The molecule has 0 N–H and O–H groups in total. The monoisotopic (exact) mass is 314 g/mol. The fraction of sp³-hybridized carbons (Fsp3) is 0.900. The molecular weight excluding hydrogens is 295 g/mol. The minimum Gasteiger partial charge on any atom is -0.311 e. The molecule has 0 aromatic carbocycles. The van der Waals surface area contributed by atoms with Crippen LogP contribution in [-0.4, -0.2) is 24.6 Å².